The van der Waals surface area contributed by atoms with Gasteiger partial charge in [0.05, 0.1) is 0 Å². The molecule has 14 heteroatoms. The molecule has 0 spiro atoms. The van der Waals surface area contributed by atoms with Gasteiger partial charge in [-0.2, -0.15) is 21.6 Å². The van der Waals surface area contributed by atoms with Gasteiger partial charge in [-0.3, -0.25) is 19.2 Å². The zero-order valence-corrected chi connectivity index (χ0v) is 20.1. The van der Waals surface area contributed by atoms with Crippen LogP contribution in [0.4, 0.5) is 18.9 Å². The van der Waals surface area contributed by atoms with Crippen molar-refractivity contribution in [2.24, 2.45) is 0 Å². The number of nitrogens with zero attached hydrogens (tertiary/aromatic N) is 2. The van der Waals surface area contributed by atoms with Crippen LogP contribution in [0, 0.1) is 0 Å². The van der Waals surface area contributed by atoms with Crippen LogP contribution in [0.3, 0.4) is 0 Å². The third-order valence-corrected chi connectivity index (χ3v) is 7.27. The molecule has 1 atom stereocenters. The average Bonchev–Trinajstić information content (AvgIpc) is 2.63. The Bertz CT molecular complexity index is 996. The monoisotopic (exact) mass is 512 g/mol. The summed E-state index contributed by atoms with van der Waals surface area (Å²) in [6.45, 7) is 4.47. The number of sulfonamides is 1. The van der Waals surface area contributed by atoms with Crippen molar-refractivity contribution in [3.8, 4) is 0 Å². The number of thioether (sulfide) groups is 1. The molecule has 0 radical (unpaired) electrons. The van der Waals surface area contributed by atoms with E-state index in [9.17, 15) is 31.2 Å². The highest BCUT2D eigenvalue weighted by molar-refractivity contribution is 8.24. The second-order valence-corrected chi connectivity index (χ2v) is 11.8. The minimum Gasteiger partial charge on any atom is -0.339 e. The number of nitrogens with one attached hydrogen (secondary N) is 2. The molecule has 2 amide bonds. The summed E-state index contributed by atoms with van der Waals surface area (Å²) in [4.78, 5) is 29.1. The number of carbonyl (C=O) groups is 2. The predicted molar refractivity (Wildman–Crippen MR) is 121 cm³/mol. The highest BCUT2D eigenvalue weighted by atomic mass is 32.2. The molecule has 0 aliphatic carbocycles. The van der Waals surface area contributed by atoms with Crippen molar-refractivity contribution in [3.05, 3.63) is 29.8 Å². The first-order valence-corrected chi connectivity index (χ1v) is 11.9. The number of likely N-dealkylation sites (N-methyl/N-ethyl adjacent to an activating group) is 1. The van der Waals surface area contributed by atoms with E-state index < -0.39 is 32.2 Å². The Balaban J connectivity index is 2.16. The van der Waals surface area contributed by atoms with Gasteiger partial charge in [-0.25, -0.2) is 0 Å². The molecule has 1 aromatic rings. The van der Waals surface area contributed by atoms with Crippen LogP contribution in [0.5, 0.6) is 0 Å². The number of anilines is 1. The number of halogens is 3. The Kier molecular flexibility index (Phi) is 7.85. The first kappa shape index (κ1) is 26.4. The van der Waals surface area contributed by atoms with E-state index in [0.29, 0.717) is 17.4 Å². The van der Waals surface area contributed by atoms with E-state index in [1.165, 1.54) is 21.4 Å². The van der Waals surface area contributed by atoms with Crippen LogP contribution in [0.1, 0.15) is 24.2 Å². The number of rotatable bonds is 7. The van der Waals surface area contributed by atoms with Crippen molar-refractivity contribution in [1.29, 1.82) is 0 Å². The Hall–Kier alpha value is -1.90. The van der Waals surface area contributed by atoms with Crippen LogP contribution in [-0.4, -0.2) is 77.8 Å². The van der Waals surface area contributed by atoms with Crippen LogP contribution in [0.15, 0.2) is 24.3 Å². The largest absolute Gasteiger partial charge is 0.516 e. The number of alkyl halides is 3. The lowest BCUT2D eigenvalue weighted by molar-refractivity contribution is -0.130. The Morgan fingerprint density at radius 1 is 1.25 bits per heavy atom. The summed E-state index contributed by atoms with van der Waals surface area (Å²) in [6.07, 6.45) is 0. The third kappa shape index (κ3) is 6.11. The molecule has 1 aliphatic rings. The van der Waals surface area contributed by atoms with E-state index in [0.717, 1.165) is 24.3 Å². The fourth-order valence-electron chi connectivity index (χ4n) is 2.74. The summed E-state index contributed by atoms with van der Waals surface area (Å²) in [7, 11) is -1.86. The number of thiocarbonyl (C=S) groups is 1. The smallest absolute Gasteiger partial charge is 0.339 e. The molecule has 2 N–H and O–H groups in total. The quantitative estimate of drug-likeness (QED) is 0.541. The molecule has 0 bridgehead atoms. The van der Waals surface area contributed by atoms with Crippen LogP contribution in [0.2, 0.25) is 0 Å². The van der Waals surface area contributed by atoms with Gasteiger partial charge in [-0.05, 0) is 52.2 Å². The minimum atomic E-state index is -5.57. The van der Waals surface area contributed by atoms with E-state index >= 15 is 0 Å². The molecule has 1 aromatic carbocycles. The van der Waals surface area contributed by atoms with E-state index in [1.807, 2.05) is 19.0 Å². The maximum atomic E-state index is 13.0. The van der Waals surface area contributed by atoms with Crippen LogP contribution in [-0.2, 0) is 14.8 Å². The SMILES string of the molecule is CN(C)CCN1C(=O)C(NC(=O)c2ccc(NS(=O)(=O)C(F)(F)F)cc2)C(C)(C)SC1=S. The van der Waals surface area contributed by atoms with Gasteiger partial charge in [0.1, 0.15) is 10.4 Å². The van der Waals surface area contributed by atoms with E-state index in [-0.39, 0.29) is 17.2 Å². The van der Waals surface area contributed by atoms with Crippen molar-refractivity contribution in [2.45, 2.75) is 30.1 Å². The minimum absolute atomic E-state index is 0.0431. The van der Waals surface area contributed by atoms with Crippen LogP contribution < -0.4 is 10.0 Å². The summed E-state index contributed by atoms with van der Waals surface area (Å²) in [5.41, 5.74) is -5.78. The highest BCUT2D eigenvalue weighted by Crippen LogP contribution is 2.36. The normalized spacial score (nSPS) is 19.2. The van der Waals surface area contributed by atoms with Gasteiger partial charge in [0.15, 0.2) is 0 Å². The zero-order chi connectivity index (χ0) is 24.5. The lowest BCUT2D eigenvalue weighted by Gasteiger charge is -2.42. The standard InChI is InChI=1S/C18H23F3N4O4S3/c1-17(2)13(15(27)25(16(30)31-17)10-9-24(3)4)22-14(26)11-5-7-12(8-6-11)23-32(28,29)18(19,20)21/h5-8,13,23H,9-10H2,1-4H3,(H,22,26). The molecule has 0 aromatic heterocycles. The van der Waals surface area contributed by atoms with E-state index in [1.54, 1.807) is 13.8 Å². The van der Waals surface area contributed by atoms with Crippen LogP contribution >= 0.6 is 24.0 Å². The maximum absolute atomic E-state index is 13.0. The zero-order valence-electron chi connectivity index (χ0n) is 17.7. The number of benzene rings is 1. The molecule has 1 fully saturated rings. The van der Waals surface area contributed by atoms with Crippen LogP contribution in [0.25, 0.3) is 0 Å². The second-order valence-electron chi connectivity index (χ2n) is 7.80. The van der Waals surface area contributed by atoms with Crippen molar-refractivity contribution in [3.63, 3.8) is 0 Å². The molecule has 1 heterocycles. The number of hydrogen-bond donors (Lipinski definition) is 2. The van der Waals surface area contributed by atoms with Gasteiger partial charge < -0.3 is 10.2 Å². The lowest BCUT2D eigenvalue weighted by Crippen LogP contribution is -2.62. The van der Waals surface area contributed by atoms with Gasteiger partial charge in [0.2, 0.25) is 0 Å². The number of carbonyl (C=O) groups excluding carboxylic acids is 2. The Morgan fingerprint density at radius 3 is 2.31 bits per heavy atom. The van der Waals surface area contributed by atoms with Gasteiger partial charge in [0.25, 0.3) is 11.8 Å². The molecular weight excluding hydrogens is 489 g/mol. The fourth-order valence-corrected chi connectivity index (χ4v) is 5.14. The molecular formula is C18H23F3N4O4S3. The maximum Gasteiger partial charge on any atom is 0.516 e. The Labute approximate surface area is 193 Å². The van der Waals surface area contributed by atoms with Gasteiger partial charge in [-0.1, -0.05) is 24.0 Å². The average molecular weight is 513 g/mol. The summed E-state index contributed by atoms with van der Waals surface area (Å²) < 4.78 is 60.9. The molecule has 32 heavy (non-hydrogen) atoms. The predicted octanol–water partition coefficient (Wildman–Crippen LogP) is 2.25. The highest BCUT2D eigenvalue weighted by Gasteiger charge is 2.47. The summed E-state index contributed by atoms with van der Waals surface area (Å²) in [6, 6.07) is 3.47. The molecule has 0 saturated carbocycles. The van der Waals surface area contributed by atoms with Crippen molar-refractivity contribution in [2.75, 3.05) is 31.9 Å². The number of amides is 2. The summed E-state index contributed by atoms with van der Waals surface area (Å²) in [5.74, 6) is -0.994. The molecule has 1 aliphatic heterocycles. The Morgan fingerprint density at radius 2 is 1.81 bits per heavy atom. The molecule has 1 unspecified atom stereocenters. The van der Waals surface area contributed by atoms with Crippen molar-refractivity contribution >= 4 is 55.8 Å². The van der Waals surface area contributed by atoms with E-state index in [4.69, 9.17) is 12.2 Å². The second kappa shape index (κ2) is 9.53. The summed E-state index contributed by atoms with van der Waals surface area (Å²) in [5, 5.41) is 2.66. The first-order chi connectivity index (χ1) is 14.5. The van der Waals surface area contributed by atoms with Gasteiger partial charge >= 0.3 is 15.5 Å². The van der Waals surface area contributed by atoms with Crippen molar-refractivity contribution < 1.29 is 31.2 Å². The lowest BCUT2D eigenvalue weighted by atomic mass is 10.0. The third-order valence-electron chi connectivity index (χ3n) is 4.53. The molecule has 2 rings (SSSR count). The molecule has 8 nitrogen and oxygen atoms in total. The fraction of sp³-hybridized carbons (Fsp3) is 0.500. The topological polar surface area (TPSA) is 98.8 Å². The van der Waals surface area contributed by atoms with Crippen molar-refractivity contribution in [1.82, 2.24) is 15.1 Å². The molecule has 1 saturated heterocycles. The van der Waals surface area contributed by atoms with Gasteiger partial charge in [0, 0.05) is 29.1 Å². The van der Waals surface area contributed by atoms with Gasteiger partial charge in [-0.15, -0.1) is 0 Å². The first-order valence-electron chi connectivity index (χ1n) is 9.24. The number of hydrogen-bond acceptors (Lipinski definition) is 7. The summed E-state index contributed by atoms with van der Waals surface area (Å²) >= 11 is 6.63. The molecule has 178 valence electrons. The van der Waals surface area contributed by atoms with E-state index in [2.05, 4.69) is 5.32 Å².